The number of fused-ring (bicyclic) bond motifs is 1. The molecule has 1 aliphatic rings. The van der Waals surface area contributed by atoms with Crippen molar-refractivity contribution in [3.05, 3.63) is 51.3 Å². The first-order valence-electron chi connectivity index (χ1n) is 8.56. The Hall–Kier alpha value is -3.55. The number of nitrogen functional groups attached to an aromatic ring is 1. The molecule has 146 valence electrons. The van der Waals surface area contributed by atoms with Crippen LogP contribution in [-0.4, -0.2) is 39.7 Å². The van der Waals surface area contributed by atoms with Gasteiger partial charge in [-0.25, -0.2) is 9.59 Å². The molecule has 0 atom stereocenters. The number of carbonyl (C=O) groups is 2. The van der Waals surface area contributed by atoms with Gasteiger partial charge in [-0.05, 0) is 44.0 Å². The highest BCUT2D eigenvalue weighted by Gasteiger charge is 2.31. The van der Waals surface area contributed by atoms with E-state index >= 15 is 0 Å². The van der Waals surface area contributed by atoms with E-state index in [1.807, 2.05) is 14.0 Å². The van der Waals surface area contributed by atoms with Gasteiger partial charge in [-0.2, -0.15) is 0 Å². The largest absolute Gasteiger partial charge is 0.478 e. The van der Waals surface area contributed by atoms with Gasteiger partial charge >= 0.3 is 11.9 Å². The van der Waals surface area contributed by atoms with Crippen LogP contribution in [0.25, 0.3) is 16.7 Å². The lowest BCUT2D eigenvalue weighted by atomic mass is 9.86. The lowest BCUT2D eigenvalue weighted by Gasteiger charge is -2.40. The number of hydrogen-bond donors (Lipinski definition) is 4. The summed E-state index contributed by atoms with van der Waals surface area (Å²) in [5.41, 5.74) is 6.24. The molecule has 0 saturated heterocycles. The van der Waals surface area contributed by atoms with E-state index < -0.39 is 28.6 Å². The average Bonchev–Trinajstić information content (AvgIpc) is 2.57. The number of nitrogens with two attached hydrogens (primary N) is 1. The van der Waals surface area contributed by atoms with E-state index in [2.05, 4.69) is 29.8 Å². The third-order valence-electron chi connectivity index (χ3n) is 5.18. The van der Waals surface area contributed by atoms with Crippen LogP contribution in [0, 0.1) is 0 Å². The summed E-state index contributed by atoms with van der Waals surface area (Å²) in [4.78, 5) is 39.9. The maximum Gasteiger partial charge on any atom is 0.342 e. The maximum atomic E-state index is 12.2. The fourth-order valence-corrected chi connectivity index (χ4v) is 3.65. The molecule has 0 bridgehead atoms. The summed E-state index contributed by atoms with van der Waals surface area (Å²) < 4.78 is 0. The van der Waals surface area contributed by atoms with Gasteiger partial charge in [0.25, 0.3) is 5.56 Å². The molecule has 3 rings (SSSR count). The van der Waals surface area contributed by atoms with Crippen LogP contribution in [0.5, 0.6) is 0 Å². The van der Waals surface area contributed by atoms with Crippen LogP contribution in [0.15, 0.2) is 29.1 Å². The van der Waals surface area contributed by atoms with Crippen LogP contribution in [0.4, 0.5) is 11.5 Å². The number of benzene rings is 1. The number of aromatic nitrogens is 1. The molecule has 0 aliphatic carbocycles. The van der Waals surface area contributed by atoms with Crippen LogP contribution < -0.4 is 16.2 Å². The van der Waals surface area contributed by atoms with E-state index in [0.717, 1.165) is 16.8 Å². The molecule has 1 aromatic carbocycles. The van der Waals surface area contributed by atoms with Crippen LogP contribution in [0.3, 0.4) is 0 Å². The molecular formula is C20H21N3O5. The molecule has 0 amide bonds. The minimum absolute atomic E-state index is 0.204. The highest BCUT2D eigenvalue weighted by atomic mass is 16.4. The number of nitrogens with one attached hydrogen (secondary N) is 1. The lowest BCUT2D eigenvalue weighted by molar-refractivity contribution is 0.0695. The third-order valence-corrected chi connectivity index (χ3v) is 5.18. The summed E-state index contributed by atoms with van der Waals surface area (Å²) >= 11 is 0. The minimum atomic E-state index is -1.53. The van der Waals surface area contributed by atoms with Crippen molar-refractivity contribution in [3.8, 4) is 11.1 Å². The SMILES string of the molecule is CC1=CC(C)(C)N(C)c2ccc(-c3c(C(=O)O)c(N)[nH]c(=O)c3C(=O)O)cc21. The van der Waals surface area contributed by atoms with Crippen molar-refractivity contribution in [2.75, 3.05) is 17.7 Å². The predicted octanol–water partition coefficient (Wildman–Crippen LogP) is 2.65. The monoisotopic (exact) mass is 383 g/mol. The van der Waals surface area contributed by atoms with E-state index in [4.69, 9.17) is 5.73 Å². The first kappa shape index (κ1) is 19.2. The van der Waals surface area contributed by atoms with Gasteiger partial charge in [0.2, 0.25) is 0 Å². The number of allylic oxidation sites excluding steroid dienone is 1. The number of H-pyrrole nitrogens is 1. The number of carboxylic acids is 2. The van der Waals surface area contributed by atoms with Gasteiger partial charge in [-0.3, -0.25) is 4.79 Å². The Morgan fingerprint density at radius 2 is 1.75 bits per heavy atom. The standard InChI is InChI=1S/C20H21N3O5/c1-9-8-20(2,3)23(4)12-6-5-10(7-11(9)12)13-14(18(25)26)16(21)22-17(24)15(13)19(27)28/h5-8H,1-4H3,(H,25,26)(H,27,28)(H3,21,22,24). The number of likely N-dealkylation sites (N-methyl/N-ethyl adjacent to an activating group) is 1. The summed E-state index contributed by atoms with van der Waals surface area (Å²) in [5, 5.41) is 19.1. The van der Waals surface area contributed by atoms with E-state index in [9.17, 15) is 24.6 Å². The molecule has 5 N–H and O–H groups in total. The van der Waals surface area contributed by atoms with Crippen LogP contribution >= 0.6 is 0 Å². The Balaban J connectivity index is 2.38. The van der Waals surface area contributed by atoms with Gasteiger partial charge < -0.3 is 25.8 Å². The summed E-state index contributed by atoms with van der Waals surface area (Å²) in [6.45, 7) is 6.06. The topological polar surface area (TPSA) is 137 Å². The van der Waals surface area contributed by atoms with Crippen molar-refractivity contribution in [2.24, 2.45) is 0 Å². The van der Waals surface area contributed by atoms with E-state index in [0.29, 0.717) is 5.56 Å². The van der Waals surface area contributed by atoms with E-state index in [1.54, 1.807) is 18.2 Å². The van der Waals surface area contributed by atoms with Crippen molar-refractivity contribution < 1.29 is 19.8 Å². The second-order valence-electron chi connectivity index (χ2n) is 7.38. The Kier molecular flexibility index (Phi) is 4.30. The highest BCUT2D eigenvalue weighted by Crippen LogP contribution is 2.40. The molecule has 8 nitrogen and oxygen atoms in total. The van der Waals surface area contributed by atoms with Crippen molar-refractivity contribution in [1.29, 1.82) is 0 Å². The Bertz CT molecular complexity index is 1110. The number of hydrogen-bond acceptors (Lipinski definition) is 5. The van der Waals surface area contributed by atoms with Gasteiger partial charge in [-0.1, -0.05) is 12.1 Å². The molecular weight excluding hydrogens is 362 g/mol. The second-order valence-corrected chi connectivity index (χ2v) is 7.38. The Labute approximate surface area is 160 Å². The fourth-order valence-electron chi connectivity index (χ4n) is 3.65. The normalized spacial score (nSPS) is 15.0. The molecule has 2 heterocycles. The fraction of sp³-hybridized carbons (Fsp3) is 0.250. The van der Waals surface area contributed by atoms with Gasteiger partial charge in [0.05, 0.1) is 5.54 Å². The summed E-state index contributed by atoms with van der Waals surface area (Å²) in [5.74, 6) is -3.34. The number of pyridine rings is 1. The lowest BCUT2D eigenvalue weighted by Crippen LogP contribution is -2.42. The van der Waals surface area contributed by atoms with Gasteiger partial charge in [-0.15, -0.1) is 0 Å². The molecule has 0 unspecified atom stereocenters. The van der Waals surface area contributed by atoms with Gasteiger partial charge in [0.1, 0.15) is 16.9 Å². The van der Waals surface area contributed by atoms with Crippen molar-refractivity contribution in [2.45, 2.75) is 26.3 Å². The van der Waals surface area contributed by atoms with Crippen molar-refractivity contribution in [3.63, 3.8) is 0 Å². The van der Waals surface area contributed by atoms with Gasteiger partial charge in [0.15, 0.2) is 0 Å². The number of aromatic amines is 1. The maximum absolute atomic E-state index is 12.2. The number of nitrogens with zero attached hydrogens (tertiary/aromatic N) is 1. The minimum Gasteiger partial charge on any atom is -0.478 e. The second kappa shape index (κ2) is 6.26. The van der Waals surface area contributed by atoms with Crippen LogP contribution in [-0.2, 0) is 0 Å². The van der Waals surface area contributed by atoms with E-state index in [-0.39, 0.29) is 16.9 Å². The zero-order valence-corrected chi connectivity index (χ0v) is 16.0. The summed E-state index contributed by atoms with van der Waals surface area (Å²) in [6.07, 6.45) is 2.07. The number of rotatable bonds is 3. The molecule has 28 heavy (non-hydrogen) atoms. The quantitative estimate of drug-likeness (QED) is 0.639. The zero-order chi connectivity index (χ0) is 21.0. The molecule has 0 spiro atoms. The molecule has 0 saturated carbocycles. The first-order valence-corrected chi connectivity index (χ1v) is 8.56. The summed E-state index contributed by atoms with van der Waals surface area (Å²) in [6, 6.07) is 5.09. The van der Waals surface area contributed by atoms with Gasteiger partial charge in [0, 0.05) is 23.9 Å². The number of anilines is 2. The predicted molar refractivity (Wildman–Crippen MR) is 107 cm³/mol. The smallest absolute Gasteiger partial charge is 0.342 e. The van der Waals surface area contributed by atoms with Crippen molar-refractivity contribution >= 4 is 29.0 Å². The number of aromatic carboxylic acids is 2. The molecule has 1 aromatic heterocycles. The van der Waals surface area contributed by atoms with E-state index in [1.165, 1.54) is 0 Å². The Morgan fingerprint density at radius 3 is 2.32 bits per heavy atom. The molecule has 2 aromatic rings. The highest BCUT2D eigenvalue weighted by molar-refractivity contribution is 6.07. The average molecular weight is 383 g/mol. The molecule has 8 heteroatoms. The van der Waals surface area contributed by atoms with Crippen LogP contribution in [0.2, 0.25) is 0 Å². The third kappa shape index (κ3) is 2.83. The molecule has 0 fully saturated rings. The molecule has 0 radical (unpaired) electrons. The molecule has 1 aliphatic heterocycles. The van der Waals surface area contributed by atoms with Crippen LogP contribution in [0.1, 0.15) is 47.1 Å². The Morgan fingerprint density at radius 1 is 1.14 bits per heavy atom. The number of carboxylic acid groups (broad SMARTS) is 2. The summed E-state index contributed by atoms with van der Waals surface area (Å²) in [7, 11) is 1.94. The van der Waals surface area contributed by atoms with Crippen molar-refractivity contribution in [1.82, 2.24) is 4.98 Å². The first-order chi connectivity index (χ1) is 13.0. The zero-order valence-electron chi connectivity index (χ0n) is 16.0.